The Kier molecular flexibility index (Phi) is 6.75. The van der Waals surface area contributed by atoms with E-state index < -0.39 is 17.4 Å². The minimum absolute atomic E-state index is 0.0520. The molecule has 2 aromatic carbocycles. The maximum Gasteiger partial charge on any atom is 0.332 e. The fourth-order valence-electron chi connectivity index (χ4n) is 4.81. The summed E-state index contributed by atoms with van der Waals surface area (Å²) in [4.78, 5) is 35.0. The molecule has 0 aliphatic carbocycles. The van der Waals surface area contributed by atoms with Gasteiger partial charge in [-0.05, 0) is 36.8 Å². The van der Waals surface area contributed by atoms with Crippen LogP contribution >= 0.6 is 0 Å². The Hall–Kier alpha value is -4.05. The Morgan fingerprint density at radius 2 is 1.65 bits per heavy atom. The Morgan fingerprint density at radius 3 is 2.35 bits per heavy atom. The van der Waals surface area contributed by atoms with Crippen molar-refractivity contribution >= 4 is 22.8 Å². The zero-order valence-electron chi connectivity index (χ0n) is 21.4. The van der Waals surface area contributed by atoms with Crippen LogP contribution in [0.3, 0.4) is 0 Å². The number of para-hydroxylation sites is 1. The summed E-state index contributed by atoms with van der Waals surface area (Å²) in [6, 6.07) is 17.9. The van der Waals surface area contributed by atoms with E-state index in [0.29, 0.717) is 36.0 Å². The fraction of sp³-hybridized carbons (Fsp3) is 0.370. The van der Waals surface area contributed by atoms with Crippen LogP contribution in [-0.2, 0) is 20.6 Å². The molecular formula is C27H32N6O4. The second-order valence-corrected chi connectivity index (χ2v) is 9.49. The van der Waals surface area contributed by atoms with E-state index in [-0.39, 0.29) is 13.2 Å². The Labute approximate surface area is 214 Å². The fourth-order valence-corrected chi connectivity index (χ4v) is 4.81. The van der Waals surface area contributed by atoms with Crippen molar-refractivity contribution in [2.24, 2.45) is 14.1 Å². The van der Waals surface area contributed by atoms with E-state index in [1.807, 2.05) is 49.4 Å². The van der Waals surface area contributed by atoms with E-state index in [9.17, 15) is 14.7 Å². The standard InChI is InChI=1S/C27H32N6O4/c1-19-8-7-11-22(16-19)37-18-21(34)17-33-23-24(29(2)27(36)30(3)25(23)35)28-26(33)32-14-12-31(13-15-32)20-9-5-4-6-10-20/h4-11,16,21,34H,12-15,17-18H2,1-3H3/t21-/m0/s1. The van der Waals surface area contributed by atoms with Crippen molar-refractivity contribution in [3.63, 3.8) is 0 Å². The Morgan fingerprint density at radius 1 is 0.946 bits per heavy atom. The van der Waals surface area contributed by atoms with Gasteiger partial charge in [0.05, 0.1) is 6.54 Å². The highest BCUT2D eigenvalue weighted by molar-refractivity contribution is 5.74. The van der Waals surface area contributed by atoms with Crippen molar-refractivity contribution in [3.8, 4) is 5.75 Å². The molecule has 0 bridgehead atoms. The molecule has 1 fully saturated rings. The molecule has 10 heteroatoms. The average Bonchev–Trinajstić information content (AvgIpc) is 3.29. The number of fused-ring (bicyclic) bond motifs is 1. The summed E-state index contributed by atoms with van der Waals surface area (Å²) in [5, 5.41) is 10.9. The van der Waals surface area contributed by atoms with Crippen LogP contribution in [-0.4, -0.2) is 62.7 Å². The zero-order valence-corrected chi connectivity index (χ0v) is 21.4. The van der Waals surface area contributed by atoms with Gasteiger partial charge in [0.1, 0.15) is 18.5 Å². The van der Waals surface area contributed by atoms with Crippen molar-refractivity contribution in [2.75, 3.05) is 42.6 Å². The second-order valence-electron chi connectivity index (χ2n) is 9.49. The van der Waals surface area contributed by atoms with Crippen LogP contribution in [0.15, 0.2) is 64.2 Å². The minimum atomic E-state index is -0.899. The van der Waals surface area contributed by atoms with Crippen LogP contribution in [0.5, 0.6) is 5.75 Å². The van der Waals surface area contributed by atoms with Crippen LogP contribution in [0.2, 0.25) is 0 Å². The molecule has 3 heterocycles. The highest BCUT2D eigenvalue weighted by Gasteiger charge is 2.27. The summed E-state index contributed by atoms with van der Waals surface area (Å²) >= 11 is 0. The Bertz CT molecular complexity index is 1520. The van der Waals surface area contributed by atoms with E-state index in [2.05, 4.69) is 21.9 Å². The van der Waals surface area contributed by atoms with Crippen LogP contribution in [0.25, 0.3) is 11.2 Å². The minimum Gasteiger partial charge on any atom is -0.491 e. The predicted octanol–water partition coefficient (Wildman–Crippen LogP) is 1.51. The Balaban J connectivity index is 1.45. The molecule has 0 amide bonds. The van der Waals surface area contributed by atoms with Crippen molar-refractivity contribution in [1.29, 1.82) is 0 Å². The topological polar surface area (TPSA) is 97.8 Å². The van der Waals surface area contributed by atoms with Gasteiger partial charge in [-0.25, -0.2) is 4.79 Å². The molecule has 1 aliphatic heterocycles. The van der Waals surface area contributed by atoms with Crippen LogP contribution in [0.4, 0.5) is 11.6 Å². The largest absolute Gasteiger partial charge is 0.491 e. The maximum atomic E-state index is 13.2. The molecule has 194 valence electrons. The lowest BCUT2D eigenvalue weighted by molar-refractivity contribution is 0.0936. The summed E-state index contributed by atoms with van der Waals surface area (Å²) < 4.78 is 10.0. The summed E-state index contributed by atoms with van der Waals surface area (Å²) in [5.74, 6) is 1.24. The molecule has 1 atom stereocenters. The third-order valence-corrected chi connectivity index (χ3v) is 6.84. The second kappa shape index (κ2) is 10.1. The lowest BCUT2D eigenvalue weighted by Gasteiger charge is -2.36. The van der Waals surface area contributed by atoms with Crippen molar-refractivity contribution in [3.05, 3.63) is 81.0 Å². The molecule has 2 aromatic heterocycles. The van der Waals surface area contributed by atoms with Gasteiger partial charge in [0.25, 0.3) is 5.56 Å². The molecule has 1 N–H and O–H groups in total. The average molecular weight is 505 g/mol. The van der Waals surface area contributed by atoms with E-state index in [0.717, 1.165) is 28.9 Å². The zero-order chi connectivity index (χ0) is 26.1. The third-order valence-electron chi connectivity index (χ3n) is 6.84. The molecular weight excluding hydrogens is 472 g/mol. The maximum absolute atomic E-state index is 13.2. The summed E-state index contributed by atoms with van der Waals surface area (Å²) in [6.45, 7) is 5.06. The molecule has 0 radical (unpaired) electrons. The van der Waals surface area contributed by atoms with Gasteiger partial charge in [0.15, 0.2) is 11.2 Å². The predicted molar refractivity (Wildman–Crippen MR) is 144 cm³/mol. The van der Waals surface area contributed by atoms with Gasteiger partial charge < -0.3 is 24.2 Å². The van der Waals surface area contributed by atoms with Gasteiger partial charge in [0, 0.05) is 46.0 Å². The van der Waals surface area contributed by atoms with Gasteiger partial charge in [-0.1, -0.05) is 30.3 Å². The summed E-state index contributed by atoms with van der Waals surface area (Å²) in [5.41, 5.74) is 1.95. The first-order valence-corrected chi connectivity index (χ1v) is 12.4. The first-order valence-electron chi connectivity index (χ1n) is 12.4. The first kappa shape index (κ1) is 24.6. The number of piperazine rings is 1. The number of nitrogens with zero attached hydrogens (tertiary/aromatic N) is 6. The van der Waals surface area contributed by atoms with Gasteiger partial charge in [-0.15, -0.1) is 0 Å². The number of aliphatic hydroxyl groups excluding tert-OH is 1. The van der Waals surface area contributed by atoms with Gasteiger partial charge in [-0.2, -0.15) is 4.98 Å². The number of aromatic nitrogens is 4. The summed E-state index contributed by atoms with van der Waals surface area (Å²) in [6.07, 6.45) is -0.899. The van der Waals surface area contributed by atoms with Crippen molar-refractivity contribution in [1.82, 2.24) is 18.7 Å². The van der Waals surface area contributed by atoms with Crippen LogP contribution in [0.1, 0.15) is 5.56 Å². The van der Waals surface area contributed by atoms with Gasteiger partial charge in [-0.3, -0.25) is 13.9 Å². The monoisotopic (exact) mass is 504 g/mol. The SMILES string of the molecule is Cc1cccc(OC[C@@H](O)Cn2c(N3CCN(c4ccccc4)CC3)nc3c2c(=O)n(C)c(=O)n3C)c1. The smallest absolute Gasteiger partial charge is 0.332 e. The highest BCUT2D eigenvalue weighted by Crippen LogP contribution is 2.24. The number of ether oxygens (including phenoxy) is 1. The molecule has 4 aromatic rings. The molecule has 1 saturated heterocycles. The van der Waals surface area contributed by atoms with E-state index in [4.69, 9.17) is 9.72 Å². The molecule has 5 rings (SSSR count). The number of aryl methyl sites for hydroxylation is 2. The van der Waals surface area contributed by atoms with Gasteiger partial charge in [0.2, 0.25) is 5.95 Å². The molecule has 10 nitrogen and oxygen atoms in total. The molecule has 0 saturated carbocycles. The van der Waals surface area contributed by atoms with Crippen molar-refractivity contribution in [2.45, 2.75) is 19.6 Å². The number of hydrogen-bond donors (Lipinski definition) is 1. The summed E-state index contributed by atoms with van der Waals surface area (Å²) in [7, 11) is 3.06. The number of anilines is 2. The number of benzene rings is 2. The lowest BCUT2D eigenvalue weighted by Crippen LogP contribution is -2.47. The van der Waals surface area contributed by atoms with Crippen LogP contribution in [0, 0.1) is 6.92 Å². The number of aliphatic hydroxyl groups is 1. The van der Waals surface area contributed by atoms with E-state index >= 15 is 0 Å². The number of imidazole rings is 1. The van der Waals surface area contributed by atoms with E-state index in [1.54, 1.807) is 11.6 Å². The third kappa shape index (κ3) is 4.84. The molecule has 0 spiro atoms. The van der Waals surface area contributed by atoms with Gasteiger partial charge >= 0.3 is 5.69 Å². The normalized spacial score (nSPS) is 14.8. The molecule has 37 heavy (non-hydrogen) atoms. The van der Waals surface area contributed by atoms with Crippen LogP contribution < -0.4 is 25.8 Å². The highest BCUT2D eigenvalue weighted by atomic mass is 16.5. The molecule has 1 aliphatic rings. The van der Waals surface area contributed by atoms with E-state index in [1.165, 1.54) is 11.6 Å². The number of rotatable bonds is 7. The number of hydrogen-bond acceptors (Lipinski definition) is 7. The molecule has 0 unspecified atom stereocenters. The quantitative estimate of drug-likeness (QED) is 0.407. The lowest BCUT2D eigenvalue weighted by atomic mass is 10.2. The van der Waals surface area contributed by atoms with Crippen molar-refractivity contribution < 1.29 is 9.84 Å². The first-order chi connectivity index (χ1) is 17.8.